The lowest BCUT2D eigenvalue weighted by Gasteiger charge is -2.25. The van der Waals surface area contributed by atoms with E-state index in [1.54, 1.807) is 24.3 Å². The molecule has 0 saturated heterocycles. The predicted molar refractivity (Wildman–Crippen MR) is 88.6 cm³/mol. The van der Waals surface area contributed by atoms with E-state index in [-0.39, 0.29) is 23.1 Å². The second kappa shape index (κ2) is 6.48. The molecule has 1 aromatic heterocycles. The summed E-state index contributed by atoms with van der Waals surface area (Å²) in [6.45, 7) is 0.0815. The zero-order valence-electron chi connectivity index (χ0n) is 11.8. The predicted octanol–water partition coefficient (Wildman–Crippen LogP) is 2.47. The molecule has 0 radical (unpaired) electrons. The Labute approximate surface area is 142 Å². The van der Waals surface area contributed by atoms with E-state index in [0.29, 0.717) is 15.8 Å². The zero-order chi connectivity index (χ0) is 16.4. The molecule has 0 bridgehead atoms. The van der Waals surface area contributed by atoms with Crippen molar-refractivity contribution in [1.82, 2.24) is 4.72 Å². The van der Waals surface area contributed by atoms with Gasteiger partial charge in [-0.1, -0.05) is 23.7 Å². The third-order valence-corrected chi connectivity index (χ3v) is 6.40. The highest BCUT2D eigenvalue weighted by atomic mass is 35.5. The minimum Gasteiger partial charge on any atom is -0.478 e. The van der Waals surface area contributed by atoms with Gasteiger partial charge in [0.15, 0.2) is 6.10 Å². The lowest BCUT2D eigenvalue weighted by Crippen LogP contribution is -2.39. The number of carbonyl (C=O) groups excluding carboxylic acids is 1. The van der Waals surface area contributed by atoms with Gasteiger partial charge in [0.2, 0.25) is 10.0 Å². The fraction of sp³-hybridized carbons (Fsp3) is 0.214. The van der Waals surface area contributed by atoms with Gasteiger partial charge in [0, 0.05) is 13.0 Å². The summed E-state index contributed by atoms with van der Waals surface area (Å²) in [6, 6.07) is 10.1. The van der Waals surface area contributed by atoms with Crippen molar-refractivity contribution in [1.29, 1.82) is 0 Å². The number of benzene rings is 1. The number of thiophene rings is 1. The maximum absolute atomic E-state index is 12.1. The SMILES string of the molecule is O=C1Nc2ccccc2OC1CCNS(=O)(=O)c1ccc(Cl)s1. The van der Waals surface area contributed by atoms with Crippen LogP contribution in [0.25, 0.3) is 0 Å². The molecule has 0 saturated carbocycles. The molecule has 0 fully saturated rings. The van der Waals surface area contributed by atoms with Crippen LogP contribution < -0.4 is 14.8 Å². The monoisotopic (exact) mass is 372 g/mol. The first-order chi connectivity index (χ1) is 11.0. The van der Waals surface area contributed by atoms with Crippen LogP contribution in [0.15, 0.2) is 40.6 Å². The molecule has 2 N–H and O–H groups in total. The lowest BCUT2D eigenvalue weighted by molar-refractivity contribution is -0.123. The molecule has 1 aliphatic heterocycles. The number of amides is 1. The van der Waals surface area contributed by atoms with Crippen LogP contribution in [0.3, 0.4) is 0 Å². The summed E-state index contributed by atoms with van der Waals surface area (Å²) in [5.74, 6) is 0.284. The Morgan fingerprint density at radius 2 is 2.04 bits per heavy atom. The molecule has 1 aliphatic rings. The minimum atomic E-state index is -3.62. The quantitative estimate of drug-likeness (QED) is 0.844. The Morgan fingerprint density at radius 1 is 1.26 bits per heavy atom. The molecule has 23 heavy (non-hydrogen) atoms. The smallest absolute Gasteiger partial charge is 0.265 e. The van der Waals surface area contributed by atoms with Crippen LogP contribution in [0, 0.1) is 0 Å². The topological polar surface area (TPSA) is 84.5 Å². The van der Waals surface area contributed by atoms with Gasteiger partial charge in [-0.2, -0.15) is 0 Å². The van der Waals surface area contributed by atoms with E-state index < -0.39 is 16.1 Å². The summed E-state index contributed by atoms with van der Waals surface area (Å²) in [7, 11) is -3.62. The summed E-state index contributed by atoms with van der Waals surface area (Å²) in [5.41, 5.74) is 0.613. The van der Waals surface area contributed by atoms with E-state index in [9.17, 15) is 13.2 Å². The summed E-state index contributed by atoms with van der Waals surface area (Å²) in [6.07, 6.45) is -0.516. The van der Waals surface area contributed by atoms with Gasteiger partial charge < -0.3 is 10.1 Å². The third-order valence-electron chi connectivity index (χ3n) is 3.22. The summed E-state index contributed by atoms with van der Waals surface area (Å²) in [5, 5.41) is 2.74. The highest BCUT2D eigenvalue weighted by molar-refractivity contribution is 7.91. The number of sulfonamides is 1. The van der Waals surface area contributed by atoms with Gasteiger partial charge in [0.05, 0.1) is 10.0 Å². The zero-order valence-corrected chi connectivity index (χ0v) is 14.2. The van der Waals surface area contributed by atoms with Crippen LogP contribution in [0.5, 0.6) is 5.75 Å². The van der Waals surface area contributed by atoms with Crippen LogP contribution in [0.1, 0.15) is 6.42 Å². The molecule has 1 unspecified atom stereocenters. The van der Waals surface area contributed by atoms with Crippen LogP contribution in [0.2, 0.25) is 4.34 Å². The third kappa shape index (κ3) is 3.66. The average molecular weight is 373 g/mol. The first-order valence-corrected chi connectivity index (χ1v) is 9.45. The molecule has 1 atom stereocenters. The highest BCUT2D eigenvalue weighted by Gasteiger charge is 2.27. The first kappa shape index (κ1) is 16.3. The van der Waals surface area contributed by atoms with Crippen LogP contribution in [0.4, 0.5) is 5.69 Å². The van der Waals surface area contributed by atoms with Crippen molar-refractivity contribution in [2.45, 2.75) is 16.7 Å². The second-order valence-corrected chi connectivity index (χ2v) is 8.55. The average Bonchev–Trinajstić information content (AvgIpc) is 2.95. The maximum atomic E-state index is 12.1. The molecule has 122 valence electrons. The molecular formula is C14H13ClN2O4S2. The van der Waals surface area contributed by atoms with E-state index in [0.717, 1.165) is 11.3 Å². The maximum Gasteiger partial charge on any atom is 0.265 e. The number of para-hydroxylation sites is 2. The Hall–Kier alpha value is -1.61. The van der Waals surface area contributed by atoms with Gasteiger partial charge in [-0.25, -0.2) is 13.1 Å². The van der Waals surface area contributed by atoms with Crippen molar-refractivity contribution in [2.75, 3.05) is 11.9 Å². The van der Waals surface area contributed by atoms with Crippen molar-refractivity contribution < 1.29 is 17.9 Å². The van der Waals surface area contributed by atoms with E-state index >= 15 is 0 Å². The van der Waals surface area contributed by atoms with Gasteiger partial charge in [-0.15, -0.1) is 11.3 Å². The minimum absolute atomic E-state index is 0.0815. The Bertz CT molecular complexity index is 835. The first-order valence-electron chi connectivity index (χ1n) is 6.77. The van der Waals surface area contributed by atoms with Crippen molar-refractivity contribution >= 4 is 44.6 Å². The van der Waals surface area contributed by atoms with Crippen LogP contribution in [-0.4, -0.2) is 27.0 Å². The molecule has 0 spiro atoms. The van der Waals surface area contributed by atoms with Crippen molar-refractivity contribution in [3.63, 3.8) is 0 Å². The van der Waals surface area contributed by atoms with E-state index in [4.69, 9.17) is 16.3 Å². The summed E-state index contributed by atoms with van der Waals surface area (Å²) in [4.78, 5) is 12.0. The normalized spacial score (nSPS) is 17.3. The van der Waals surface area contributed by atoms with Crippen molar-refractivity contribution in [3.05, 3.63) is 40.7 Å². The van der Waals surface area contributed by atoms with E-state index in [1.165, 1.54) is 12.1 Å². The fourth-order valence-corrected chi connectivity index (χ4v) is 4.70. The number of anilines is 1. The highest BCUT2D eigenvalue weighted by Crippen LogP contribution is 2.29. The van der Waals surface area contributed by atoms with Crippen LogP contribution in [-0.2, 0) is 14.8 Å². The number of rotatable bonds is 5. The van der Waals surface area contributed by atoms with Gasteiger partial charge in [0.1, 0.15) is 9.96 Å². The lowest BCUT2D eigenvalue weighted by atomic mass is 10.2. The number of halogens is 1. The van der Waals surface area contributed by atoms with Gasteiger partial charge in [0.25, 0.3) is 5.91 Å². The molecule has 1 aromatic carbocycles. The van der Waals surface area contributed by atoms with E-state index in [2.05, 4.69) is 10.0 Å². The van der Waals surface area contributed by atoms with Crippen molar-refractivity contribution in [3.8, 4) is 5.75 Å². The number of hydrogen-bond acceptors (Lipinski definition) is 5. The van der Waals surface area contributed by atoms with Gasteiger partial charge in [-0.3, -0.25) is 4.79 Å². The van der Waals surface area contributed by atoms with Crippen molar-refractivity contribution in [2.24, 2.45) is 0 Å². The Kier molecular flexibility index (Phi) is 4.58. The molecule has 9 heteroatoms. The molecule has 3 rings (SSSR count). The summed E-state index contributed by atoms with van der Waals surface area (Å²) >= 11 is 6.72. The molecule has 0 aliphatic carbocycles. The van der Waals surface area contributed by atoms with Gasteiger partial charge >= 0.3 is 0 Å². The summed E-state index contributed by atoms with van der Waals surface area (Å²) < 4.78 is 32.7. The molecular weight excluding hydrogens is 360 g/mol. The Morgan fingerprint density at radius 3 is 2.78 bits per heavy atom. The Balaban J connectivity index is 1.60. The number of hydrogen-bond donors (Lipinski definition) is 2. The molecule has 1 amide bonds. The number of ether oxygens (including phenoxy) is 1. The number of nitrogens with one attached hydrogen (secondary N) is 2. The van der Waals surface area contributed by atoms with Crippen LogP contribution >= 0.6 is 22.9 Å². The molecule has 2 heterocycles. The second-order valence-electron chi connectivity index (χ2n) is 4.84. The molecule has 6 nitrogen and oxygen atoms in total. The van der Waals surface area contributed by atoms with Gasteiger partial charge in [-0.05, 0) is 24.3 Å². The number of carbonyl (C=O) groups is 1. The fourth-order valence-electron chi connectivity index (χ4n) is 2.12. The molecule has 2 aromatic rings. The number of fused-ring (bicyclic) bond motifs is 1. The largest absolute Gasteiger partial charge is 0.478 e. The standard InChI is InChI=1S/C14H13ClN2O4S2/c15-12-5-6-13(22-12)23(19,20)16-8-7-11-14(18)17-9-3-1-2-4-10(9)21-11/h1-6,11,16H,7-8H2,(H,17,18). The van der Waals surface area contributed by atoms with E-state index in [1.807, 2.05) is 0 Å².